The molecule has 2 atom stereocenters. The zero-order chi connectivity index (χ0) is 23.3. The van der Waals surface area contributed by atoms with E-state index in [1.807, 2.05) is 6.07 Å². The van der Waals surface area contributed by atoms with Crippen LogP contribution in [-0.2, 0) is 11.0 Å². The molecule has 0 aliphatic carbocycles. The van der Waals surface area contributed by atoms with E-state index in [0.717, 1.165) is 17.0 Å². The van der Waals surface area contributed by atoms with Crippen molar-refractivity contribution in [3.8, 4) is 24.2 Å². The predicted molar refractivity (Wildman–Crippen MR) is 117 cm³/mol. The Morgan fingerprint density at radius 1 is 1.28 bits per heavy atom. The van der Waals surface area contributed by atoms with Crippen molar-refractivity contribution in [1.29, 1.82) is 5.26 Å². The molecule has 2 unspecified atom stereocenters. The minimum absolute atomic E-state index is 0.0715. The van der Waals surface area contributed by atoms with E-state index in [1.165, 1.54) is 29.2 Å². The van der Waals surface area contributed by atoms with Gasteiger partial charge in [0, 0.05) is 17.7 Å². The summed E-state index contributed by atoms with van der Waals surface area (Å²) in [7, 11) is 0. The Kier molecular flexibility index (Phi) is 7.44. The normalized spacial score (nSPS) is 13.2. The molecule has 164 valence electrons. The summed E-state index contributed by atoms with van der Waals surface area (Å²) in [6.45, 7) is 1.74. The van der Waals surface area contributed by atoms with E-state index in [0.29, 0.717) is 20.3 Å². The van der Waals surface area contributed by atoms with Gasteiger partial charge in [-0.25, -0.2) is 4.98 Å². The van der Waals surface area contributed by atoms with Crippen LogP contribution in [0.25, 0.3) is 10.2 Å². The summed E-state index contributed by atoms with van der Waals surface area (Å²) in [5.74, 6) is 1.80. The first kappa shape index (κ1) is 23.6. The van der Waals surface area contributed by atoms with Gasteiger partial charge in [-0.05, 0) is 49.4 Å². The summed E-state index contributed by atoms with van der Waals surface area (Å²) in [5.41, 5.74) is -0.177. The molecule has 0 saturated carbocycles. The third-order valence-electron chi connectivity index (χ3n) is 4.42. The van der Waals surface area contributed by atoms with Crippen LogP contribution in [0.4, 0.5) is 13.2 Å². The maximum absolute atomic E-state index is 12.9. The quantitative estimate of drug-likeness (QED) is 0.356. The minimum Gasteiger partial charge on any atom is -0.490 e. The Morgan fingerprint density at radius 3 is 2.62 bits per heavy atom. The number of nitriles is 1. The lowest BCUT2D eigenvalue weighted by Crippen LogP contribution is -2.22. The number of ether oxygens (including phenoxy) is 1. The Balaban J connectivity index is 1.62. The topological polar surface area (TPSA) is 63.0 Å². The highest BCUT2D eigenvalue weighted by molar-refractivity contribution is 8.01. The van der Waals surface area contributed by atoms with E-state index in [1.54, 1.807) is 31.2 Å². The van der Waals surface area contributed by atoms with Crippen LogP contribution < -0.4 is 4.74 Å². The van der Waals surface area contributed by atoms with Gasteiger partial charge in [0.1, 0.15) is 17.8 Å². The number of hydrogen-bond donors (Lipinski definition) is 0. The van der Waals surface area contributed by atoms with E-state index in [9.17, 15) is 18.0 Å². The summed E-state index contributed by atoms with van der Waals surface area (Å²) in [6.07, 6.45) is 0.511. The molecule has 4 nitrogen and oxygen atoms in total. The van der Waals surface area contributed by atoms with Crippen molar-refractivity contribution < 1.29 is 22.7 Å². The zero-order valence-electron chi connectivity index (χ0n) is 16.8. The number of carbonyl (C=O) groups excluding carboxylic acids is 1. The lowest BCUT2D eigenvalue weighted by Gasteiger charge is -2.15. The monoisotopic (exact) mass is 474 g/mol. The molecular formula is C23H17F3N2O2S2. The van der Waals surface area contributed by atoms with Crippen LogP contribution in [0.3, 0.4) is 0 Å². The van der Waals surface area contributed by atoms with Gasteiger partial charge < -0.3 is 4.74 Å². The lowest BCUT2D eigenvalue weighted by atomic mass is 9.98. The first-order valence-corrected chi connectivity index (χ1v) is 11.1. The second kappa shape index (κ2) is 10.1. The number of fused-ring (bicyclic) bond motifs is 1. The molecule has 3 rings (SSSR count). The number of nitrogens with zero attached hydrogens (tertiary/aromatic N) is 2. The third-order valence-corrected chi connectivity index (χ3v) is 6.50. The maximum Gasteiger partial charge on any atom is 0.416 e. The standard InChI is InChI=1S/C23H17F3N2O2S2/c1-3-4-15(13-27)20(29)11-14(2)30-17-6-8-18(9-7-17)31-22-28-19-10-5-16(23(24,25)26)12-21(19)32-22/h1,5-10,12,14-15H,4,11H2,2H3. The highest BCUT2D eigenvalue weighted by atomic mass is 32.2. The van der Waals surface area contributed by atoms with Crippen LogP contribution in [0.5, 0.6) is 5.75 Å². The smallest absolute Gasteiger partial charge is 0.416 e. The van der Waals surface area contributed by atoms with Crippen LogP contribution in [0.15, 0.2) is 51.7 Å². The van der Waals surface area contributed by atoms with Crippen LogP contribution in [0, 0.1) is 29.6 Å². The van der Waals surface area contributed by atoms with Gasteiger partial charge in [0.25, 0.3) is 0 Å². The summed E-state index contributed by atoms with van der Waals surface area (Å²) in [6, 6.07) is 12.5. The van der Waals surface area contributed by atoms with Crippen molar-refractivity contribution in [3.63, 3.8) is 0 Å². The number of Topliss-reactive ketones (excluding diaryl/α,β-unsaturated/α-hetero) is 1. The number of thiazole rings is 1. The van der Waals surface area contributed by atoms with Crippen LogP contribution in [-0.4, -0.2) is 16.9 Å². The summed E-state index contributed by atoms with van der Waals surface area (Å²) in [4.78, 5) is 17.3. The molecule has 1 heterocycles. The molecule has 3 aromatic rings. The predicted octanol–water partition coefficient (Wildman–Crippen LogP) is 6.36. The summed E-state index contributed by atoms with van der Waals surface area (Å²) < 4.78 is 45.5. The van der Waals surface area contributed by atoms with Crippen molar-refractivity contribution in [3.05, 3.63) is 48.0 Å². The minimum atomic E-state index is -4.39. The molecule has 0 N–H and O–H groups in total. The Morgan fingerprint density at radius 2 is 2.00 bits per heavy atom. The second-order valence-corrected chi connectivity index (χ2v) is 9.27. The van der Waals surface area contributed by atoms with Crippen molar-refractivity contribution in [1.82, 2.24) is 4.98 Å². The average Bonchev–Trinajstić information content (AvgIpc) is 3.14. The number of alkyl halides is 3. The molecule has 9 heteroatoms. The van der Waals surface area contributed by atoms with E-state index >= 15 is 0 Å². The SMILES string of the molecule is C#CCC(C#N)C(=O)CC(C)Oc1ccc(Sc2nc3ccc(C(F)(F)F)cc3s2)cc1. The number of rotatable bonds is 8. The number of hydrogen-bond acceptors (Lipinski definition) is 6. The Hall–Kier alpha value is -3.01. The van der Waals surface area contributed by atoms with Crippen molar-refractivity contribution >= 4 is 39.1 Å². The fraction of sp³-hybridized carbons (Fsp3) is 0.261. The van der Waals surface area contributed by atoms with Gasteiger partial charge >= 0.3 is 6.18 Å². The number of halogens is 3. The number of benzene rings is 2. The zero-order valence-corrected chi connectivity index (χ0v) is 18.5. The first-order chi connectivity index (χ1) is 15.2. The van der Waals surface area contributed by atoms with Gasteiger partial charge in [-0.15, -0.1) is 23.7 Å². The van der Waals surface area contributed by atoms with Gasteiger partial charge in [-0.1, -0.05) is 11.8 Å². The molecular weight excluding hydrogens is 457 g/mol. The van der Waals surface area contributed by atoms with Gasteiger partial charge in [0.2, 0.25) is 0 Å². The second-order valence-electron chi connectivity index (χ2n) is 6.92. The molecule has 0 amide bonds. The average molecular weight is 475 g/mol. The van der Waals surface area contributed by atoms with Crippen molar-refractivity contribution in [2.24, 2.45) is 5.92 Å². The van der Waals surface area contributed by atoms with E-state index in [4.69, 9.17) is 16.4 Å². The Bertz CT molecular complexity index is 1190. The van der Waals surface area contributed by atoms with Crippen LogP contribution >= 0.6 is 23.1 Å². The van der Waals surface area contributed by atoms with Crippen molar-refractivity contribution in [2.75, 3.05) is 0 Å². The van der Waals surface area contributed by atoms with Crippen molar-refractivity contribution in [2.45, 2.75) is 41.3 Å². The number of carbonyl (C=O) groups is 1. The lowest BCUT2D eigenvalue weighted by molar-refractivity contribution is -0.137. The van der Waals surface area contributed by atoms with Gasteiger partial charge in [-0.3, -0.25) is 4.79 Å². The van der Waals surface area contributed by atoms with Crippen LogP contribution in [0.1, 0.15) is 25.3 Å². The van der Waals surface area contributed by atoms with E-state index < -0.39 is 23.8 Å². The number of ketones is 1. The number of terminal acetylenes is 1. The molecule has 0 bridgehead atoms. The van der Waals surface area contributed by atoms with Crippen LogP contribution in [0.2, 0.25) is 0 Å². The molecule has 2 aromatic carbocycles. The molecule has 0 spiro atoms. The molecule has 0 saturated heterocycles. The maximum atomic E-state index is 12.9. The molecule has 32 heavy (non-hydrogen) atoms. The van der Waals surface area contributed by atoms with Gasteiger partial charge in [-0.2, -0.15) is 18.4 Å². The molecule has 0 radical (unpaired) electrons. The molecule has 0 aliphatic rings. The largest absolute Gasteiger partial charge is 0.490 e. The highest BCUT2D eigenvalue weighted by Crippen LogP contribution is 2.38. The Labute approximate surface area is 191 Å². The third kappa shape index (κ3) is 6.03. The number of aromatic nitrogens is 1. The van der Waals surface area contributed by atoms with Gasteiger partial charge in [0.15, 0.2) is 10.1 Å². The fourth-order valence-corrected chi connectivity index (χ4v) is 4.94. The van der Waals surface area contributed by atoms with Gasteiger partial charge in [0.05, 0.1) is 21.8 Å². The highest BCUT2D eigenvalue weighted by Gasteiger charge is 2.30. The molecule has 1 aromatic heterocycles. The first-order valence-electron chi connectivity index (χ1n) is 9.47. The van der Waals surface area contributed by atoms with E-state index in [-0.39, 0.29) is 18.6 Å². The van der Waals surface area contributed by atoms with E-state index in [2.05, 4.69) is 10.9 Å². The molecule has 0 aliphatic heterocycles. The summed E-state index contributed by atoms with van der Waals surface area (Å²) in [5, 5.41) is 9.01. The molecule has 0 fully saturated rings. The summed E-state index contributed by atoms with van der Waals surface area (Å²) >= 11 is 2.53. The fourth-order valence-electron chi connectivity index (χ4n) is 2.86.